The number of fused-ring (bicyclic) bond motifs is 1. The highest BCUT2D eigenvalue weighted by Crippen LogP contribution is 2.33. The van der Waals surface area contributed by atoms with Crippen LogP contribution in [0.5, 0.6) is 0 Å². The van der Waals surface area contributed by atoms with E-state index in [0.717, 1.165) is 18.4 Å². The lowest BCUT2D eigenvalue weighted by Crippen LogP contribution is -2.35. The summed E-state index contributed by atoms with van der Waals surface area (Å²) in [6, 6.07) is 1.35. The van der Waals surface area contributed by atoms with Gasteiger partial charge in [0, 0.05) is 0 Å². The van der Waals surface area contributed by atoms with Gasteiger partial charge in [-0.1, -0.05) is 0 Å². The quantitative estimate of drug-likeness (QED) is 0.703. The number of sulfonamides is 1. The Labute approximate surface area is 95.5 Å². The van der Waals surface area contributed by atoms with Gasteiger partial charge >= 0.3 is 5.97 Å². The van der Waals surface area contributed by atoms with E-state index in [2.05, 4.69) is 4.74 Å². The maximum absolute atomic E-state index is 11.8. The summed E-state index contributed by atoms with van der Waals surface area (Å²) in [5.41, 5.74) is 0. The van der Waals surface area contributed by atoms with E-state index in [1.165, 1.54) is 11.4 Å². The number of methoxy groups -OCH3 is 1. The zero-order valence-corrected chi connectivity index (χ0v) is 9.80. The molecule has 0 aliphatic carbocycles. The van der Waals surface area contributed by atoms with Crippen LogP contribution in [0.15, 0.2) is 16.3 Å². The third kappa shape index (κ3) is 1.41. The van der Waals surface area contributed by atoms with E-state index in [0.29, 0.717) is 4.31 Å². The average Bonchev–Trinajstić information content (AvgIpc) is 2.78. The van der Waals surface area contributed by atoms with Crippen LogP contribution in [0.3, 0.4) is 0 Å². The molecule has 16 heavy (non-hydrogen) atoms. The van der Waals surface area contributed by atoms with Gasteiger partial charge < -0.3 is 4.74 Å². The number of carbonyl (C=O) groups excluding carboxylic acids is 2. The van der Waals surface area contributed by atoms with Crippen LogP contribution in [-0.2, 0) is 19.6 Å². The molecule has 0 aromatic carbocycles. The van der Waals surface area contributed by atoms with Crippen molar-refractivity contribution in [2.75, 3.05) is 13.7 Å². The van der Waals surface area contributed by atoms with Gasteiger partial charge in [-0.25, -0.2) is 12.7 Å². The summed E-state index contributed by atoms with van der Waals surface area (Å²) < 4.78 is 28.5. The van der Waals surface area contributed by atoms with Gasteiger partial charge in [0.1, 0.15) is 16.3 Å². The molecule has 2 rings (SSSR count). The van der Waals surface area contributed by atoms with Gasteiger partial charge in [0.05, 0.1) is 7.11 Å². The molecule has 2 heterocycles. The van der Waals surface area contributed by atoms with Crippen molar-refractivity contribution < 1.29 is 22.7 Å². The molecule has 0 radical (unpaired) electrons. The Morgan fingerprint density at radius 1 is 1.56 bits per heavy atom. The molecular weight excluding hydrogens is 254 g/mol. The van der Waals surface area contributed by atoms with Crippen LogP contribution >= 0.6 is 11.3 Å². The van der Waals surface area contributed by atoms with Crippen molar-refractivity contribution in [2.45, 2.75) is 4.90 Å². The van der Waals surface area contributed by atoms with Crippen molar-refractivity contribution in [1.29, 1.82) is 0 Å². The van der Waals surface area contributed by atoms with Crippen LogP contribution in [0.25, 0.3) is 0 Å². The monoisotopic (exact) mass is 261 g/mol. The van der Waals surface area contributed by atoms with Gasteiger partial charge in [0.15, 0.2) is 0 Å². The fraction of sp³-hybridized carbons (Fsp3) is 0.250. The Kier molecular flexibility index (Phi) is 2.47. The van der Waals surface area contributed by atoms with Crippen LogP contribution in [0.1, 0.15) is 9.67 Å². The van der Waals surface area contributed by atoms with E-state index in [9.17, 15) is 18.0 Å². The van der Waals surface area contributed by atoms with Crippen molar-refractivity contribution in [3.05, 3.63) is 16.3 Å². The number of esters is 1. The SMILES string of the molecule is COC(=O)CN1C(=O)c2sccc2S1(=O)=O. The third-order valence-electron chi connectivity index (χ3n) is 2.12. The largest absolute Gasteiger partial charge is 0.468 e. The van der Waals surface area contributed by atoms with E-state index < -0.39 is 28.4 Å². The Bertz CT molecular complexity index is 559. The summed E-state index contributed by atoms with van der Waals surface area (Å²) >= 11 is 1.04. The highest BCUT2D eigenvalue weighted by atomic mass is 32.2. The highest BCUT2D eigenvalue weighted by Gasteiger charge is 2.43. The summed E-state index contributed by atoms with van der Waals surface area (Å²) in [6.07, 6.45) is 0. The molecule has 0 saturated heterocycles. The molecule has 0 atom stereocenters. The van der Waals surface area contributed by atoms with Crippen molar-refractivity contribution in [2.24, 2.45) is 0 Å². The maximum Gasteiger partial charge on any atom is 0.326 e. The number of hydrogen-bond acceptors (Lipinski definition) is 6. The standard InChI is InChI=1S/C8H7NO5S2/c1-14-6(10)4-9-8(11)7-5(2-3-15-7)16(9,12)13/h2-3H,4H2,1H3. The number of hydrogen-bond donors (Lipinski definition) is 0. The van der Waals surface area contributed by atoms with Gasteiger partial charge in [-0.2, -0.15) is 0 Å². The van der Waals surface area contributed by atoms with E-state index in [-0.39, 0.29) is 9.77 Å². The summed E-state index contributed by atoms with van der Waals surface area (Å²) in [4.78, 5) is 22.8. The maximum atomic E-state index is 11.8. The lowest BCUT2D eigenvalue weighted by Gasteiger charge is -2.12. The molecule has 1 aliphatic rings. The first kappa shape index (κ1) is 11.1. The number of amides is 1. The van der Waals surface area contributed by atoms with Crippen LogP contribution in [-0.4, -0.2) is 38.3 Å². The van der Waals surface area contributed by atoms with Crippen LogP contribution in [0, 0.1) is 0 Å². The fourth-order valence-electron chi connectivity index (χ4n) is 1.34. The molecule has 1 aliphatic heterocycles. The molecule has 8 heteroatoms. The smallest absolute Gasteiger partial charge is 0.326 e. The van der Waals surface area contributed by atoms with Crippen molar-refractivity contribution in [3.8, 4) is 0 Å². The van der Waals surface area contributed by atoms with E-state index >= 15 is 0 Å². The van der Waals surface area contributed by atoms with Crippen LogP contribution in [0.4, 0.5) is 0 Å². The molecule has 0 saturated carbocycles. The first-order valence-electron chi connectivity index (χ1n) is 4.20. The Hall–Kier alpha value is -1.41. The van der Waals surface area contributed by atoms with Gasteiger partial charge in [-0.3, -0.25) is 9.59 Å². The Morgan fingerprint density at radius 2 is 2.25 bits per heavy atom. The third-order valence-corrected chi connectivity index (χ3v) is 4.92. The van der Waals surface area contributed by atoms with Crippen LogP contribution in [0.2, 0.25) is 0 Å². The number of nitrogens with zero attached hydrogens (tertiary/aromatic N) is 1. The minimum atomic E-state index is -3.86. The topological polar surface area (TPSA) is 80.8 Å². The predicted octanol–water partition coefficient (Wildman–Crippen LogP) is 0.0656. The average molecular weight is 261 g/mol. The highest BCUT2D eigenvalue weighted by molar-refractivity contribution is 7.90. The predicted molar refractivity (Wildman–Crippen MR) is 54.6 cm³/mol. The lowest BCUT2D eigenvalue weighted by molar-refractivity contribution is -0.140. The molecule has 86 valence electrons. The molecule has 6 nitrogen and oxygen atoms in total. The zero-order chi connectivity index (χ0) is 11.9. The Balaban J connectivity index is 2.42. The van der Waals surface area contributed by atoms with E-state index in [4.69, 9.17) is 0 Å². The van der Waals surface area contributed by atoms with Gasteiger partial charge in [-0.15, -0.1) is 11.3 Å². The summed E-state index contributed by atoms with van der Waals surface area (Å²) in [5, 5.41) is 1.52. The van der Waals surface area contributed by atoms with Crippen molar-refractivity contribution >= 4 is 33.2 Å². The summed E-state index contributed by atoms with van der Waals surface area (Å²) in [5.74, 6) is -1.44. The second kappa shape index (κ2) is 3.56. The molecule has 0 spiro atoms. The molecule has 0 fully saturated rings. The second-order valence-electron chi connectivity index (χ2n) is 3.01. The molecule has 1 amide bonds. The molecular formula is C8H7NO5S2. The van der Waals surface area contributed by atoms with Gasteiger partial charge in [0.25, 0.3) is 15.9 Å². The zero-order valence-electron chi connectivity index (χ0n) is 8.17. The second-order valence-corrected chi connectivity index (χ2v) is 5.75. The number of thiophene rings is 1. The molecule has 1 aromatic rings. The summed E-state index contributed by atoms with van der Waals surface area (Å²) in [6.45, 7) is -0.584. The number of carbonyl (C=O) groups is 2. The fourth-order valence-corrected chi connectivity index (χ4v) is 4.06. The molecule has 0 bridgehead atoms. The molecule has 0 N–H and O–H groups in total. The minimum Gasteiger partial charge on any atom is -0.468 e. The van der Waals surface area contributed by atoms with Crippen molar-refractivity contribution in [3.63, 3.8) is 0 Å². The summed E-state index contributed by atoms with van der Waals surface area (Å²) in [7, 11) is -2.73. The lowest BCUT2D eigenvalue weighted by atomic mass is 10.4. The number of ether oxygens (including phenoxy) is 1. The van der Waals surface area contributed by atoms with E-state index in [1.807, 2.05) is 0 Å². The van der Waals surface area contributed by atoms with Crippen molar-refractivity contribution in [1.82, 2.24) is 4.31 Å². The van der Waals surface area contributed by atoms with Gasteiger partial charge in [0.2, 0.25) is 0 Å². The van der Waals surface area contributed by atoms with Crippen LogP contribution < -0.4 is 0 Å². The molecule has 1 aromatic heterocycles. The number of rotatable bonds is 2. The Morgan fingerprint density at radius 3 is 2.81 bits per heavy atom. The first-order chi connectivity index (χ1) is 7.48. The molecule has 0 unspecified atom stereocenters. The first-order valence-corrected chi connectivity index (χ1v) is 6.52. The normalized spacial score (nSPS) is 17.3. The van der Waals surface area contributed by atoms with Gasteiger partial charge in [-0.05, 0) is 11.4 Å². The van der Waals surface area contributed by atoms with E-state index in [1.54, 1.807) is 0 Å². The minimum absolute atomic E-state index is 0.0357.